The summed E-state index contributed by atoms with van der Waals surface area (Å²) in [5.74, 6) is 0. The Bertz CT molecular complexity index is 247. The second kappa shape index (κ2) is 2.59. The van der Waals surface area contributed by atoms with Crippen LogP contribution >= 0.6 is 0 Å². The molecule has 0 saturated heterocycles. The summed E-state index contributed by atoms with van der Waals surface area (Å²) in [5.41, 5.74) is 1.46. The molecule has 0 bridgehead atoms. The smallest absolute Gasteiger partial charge is 0.0922 e. The zero-order chi connectivity index (χ0) is 8.60. The quantitative estimate of drug-likeness (QED) is 0.710. The van der Waals surface area contributed by atoms with Gasteiger partial charge in [-0.25, -0.2) is 4.98 Å². The maximum Gasteiger partial charge on any atom is 0.0922 e. The molecule has 0 amide bonds. The topological polar surface area (TPSA) is 40.7 Å². The van der Waals surface area contributed by atoms with Crippen molar-refractivity contribution in [2.24, 2.45) is 0 Å². The summed E-state index contributed by atoms with van der Waals surface area (Å²) in [6, 6.07) is 0.538. The van der Waals surface area contributed by atoms with Gasteiger partial charge in [-0.15, -0.1) is 0 Å². The molecule has 1 fully saturated rings. The fraction of sp³-hybridized carbons (Fsp3) is 0.667. The fourth-order valence-electron chi connectivity index (χ4n) is 1.69. The predicted octanol–water partition coefficient (Wildman–Crippen LogP) is 1.40. The average Bonchev–Trinajstić information content (AvgIpc) is 2.61. The largest absolute Gasteiger partial charge is 0.347 e. The SMILES string of the molecule is CC(C)NC1(c2cnc[nH]2)CC1. The Kier molecular flexibility index (Phi) is 1.68. The van der Waals surface area contributed by atoms with Crippen molar-refractivity contribution in [1.82, 2.24) is 15.3 Å². The van der Waals surface area contributed by atoms with Crippen LogP contribution in [0.4, 0.5) is 0 Å². The molecule has 0 unspecified atom stereocenters. The van der Waals surface area contributed by atoms with Crippen molar-refractivity contribution in [3.05, 3.63) is 18.2 Å². The van der Waals surface area contributed by atoms with Crippen LogP contribution in [-0.2, 0) is 5.54 Å². The van der Waals surface area contributed by atoms with E-state index >= 15 is 0 Å². The summed E-state index contributed by atoms with van der Waals surface area (Å²) in [6.45, 7) is 4.35. The third-order valence-electron chi connectivity index (χ3n) is 2.33. The van der Waals surface area contributed by atoms with E-state index in [1.807, 2.05) is 6.20 Å². The molecule has 2 rings (SSSR count). The van der Waals surface area contributed by atoms with Crippen molar-refractivity contribution < 1.29 is 0 Å². The number of imidazole rings is 1. The molecule has 0 radical (unpaired) electrons. The summed E-state index contributed by atoms with van der Waals surface area (Å²) in [5, 5.41) is 3.56. The van der Waals surface area contributed by atoms with Crippen LogP contribution in [0.25, 0.3) is 0 Å². The highest BCUT2D eigenvalue weighted by Crippen LogP contribution is 2.44. The molecule has 0 aromatic carbocycles. The summed E-state index contributed by atoms with van der Waals surface area (Å²) >= 11 is 0. The van der Waals surface area contributed by atoms with Crippen LogP contribution in [0.3, 0.4) is 0 Å². The minimum Gasteiger partial charge on any atom is -0.347 e. The van der Waals surface area contributed by atoms with Crippen molar-refractivity contribution in [2.75, 3.05) is 0 Å². The van der Waals surface area contributed by atoms with Gasteiger partial charge in [0, 0.05) is 12.2 Å². The van der Waals surface area contributed by atoms with E-state index in [0.717, 1.165) is 0 Å². The minimum absolute atomic E-state index is 0.227. The first-order chi connectivity index (χ1) is 5.73. The zero-order valence-corrected chi connectivity index (χ0v) is 7.59. The van der Waals surface area contributed by atoms with E-state index in [0.29, 0.717) is 6.04 Å². The molecule has 1 saturated carbocycles. The summed E-state index contributed by atoms with van der Waals surface area (Å²) in [6.07, 6.45) is 6.13. The first-order valence-electron chi connectivity index (χ1n) is 4.49. The molecule has 0 aliphatic heterocycles. The predicted molar refractivity (Wildman–Crippen MR) is 47.8 cm³/mol. The van der Waals surface area contributed by atoms with Gasteiger partial charge in [0.25, 0.3) is 0 Å². The number of nitrogens with zero attached hydrogens (tertiary/aromatic N) is 1. The molecule has 3 nitrogen and oxygen atoms in total. The van der Waals surface area contributed by atoms with Crippen LogP contribution in [-0.4, -0.2) is 16.0 Å². The van der Waals surface area contributed by atoms with Crippen molar-refractivity contribution in [1.29, 1.82) is 0 Å². The molecule has 2 N–H and O–H groups in total. The van der Waals surface area contributed by atoms with E-state index in [-0.39, 0.29) is 5.54 Å². The summed E-state index contributed by atoms with van der Waals surface area (Å²) < 4.78 is 0. The maximum atomic E-state index is 4.04. The number of aromatic amines is 1. The molecule has 0 atom stereocenters. The number of H-pyrrole nitrogens is 1. The van der Waals surface area contributed by atoms with Crippen molar-refractivity contribution in [2.45, 2.75) is 38.3 Å². The average molecular weight is 165 g/mol. The molecular formula is C9H15N3. The van der Waals surface area contributed by atoms with Gasteiger partial charge in [-0.05, 0) is 26.7 Å². The van der Waals surface area contributed by atoms with Gasteiger partial charge in [0.05, 0.1) is 17.6 Å². The van der Waals surface area contributed by atoms with E-state index in [1.165, 1.54) is 18.5 Å². The Balaban J connectivity index is 2.12. The van der Waals surface area contributed by atoms with Crippen molar-refractivity contribution >= 4 is 0 Å². The molecule has 0 spiro atoms. The lowest BCUT2D eigenvalue weighted by Gasteiger charge is -2.18. The monoisotopic (exact) mass is 165 g/mol. The fourth-order valence-corrected chi connectivity index (χ4v) is 1.69. The van der Waals surface area contributed by atoms with Crippen LogP contribution in [0.2, 0.25) is 0 Å². The molecule has 1 heterocycles. The Labute approximate surface area is 72.6 Å². The molecule has 3 heteroatoms. The van der Waals surface area contributed by atoms with E-state index < -0.39 is 0 Å². The van der Waals surface area contributed by atoms with Gasteiger partial charge >= 0.3 is 0 Å². The normalized spacial score (nSPS) is 19.9. The molecule has 66 valence electrons. The molecule has 12 heavy (non-hydrogen) atoms. The highest BCUT2D eigenvalue weighted by atomic mass is 15.1. The van der Waals surface area contributed by atoms with Gasteiger partial charge in [0.2, 0.25) is 0 Å². The molecular weight excluding hydrogens is 150 g/mol. The number of aromatic nitrogens is 2. The first-order valence-corrected chi connectivity index (χ1v) is 4.49. The lowest BCUT2D eigenvalue weighted by atomic mass is 10.2. The van der Waals surface area contributed by atoms with E-state index in [9.17, 15) is 0 Å². The van der Waals surface area contributed by atoms with Gasteiger partial charge in [-0.2, -0.15) is 0 Å². The number of rotatable bonds is 3. The Morgan fingerprint density at radius 3 is 2.75 bits per heavy atom. The Morgan fingerprint density at radius 2 is 2.33 bits per heavy atom. The van der Waals surface area contributed by atoms with Crippen molar-refractivity contribution in [3.8, 4) is 0 Å². The van der Waals surface area contributed by atoms with Crippen LogP contribution in [0.1, 0.15) is 32.4 Å². The van der Waals surface area contributed by atoms with Crippen LogP contribution in [0.15, 0.2) is 12.5 Å². The summed E-state index contributed by atoms with van der Waals surface area (Å²) in [4.78, 5) is 7.21. The van der Waals surface area contributed by atoms with Crippen LogP contribution < -0.4 is 5.32 Å². The second-order valence-electron chi connectivity index (χ2n) is 3.85. The third kappa shape index (κ3) is 1.25. The molecule has 1 aliphatic carbocycles. The molecule has 1 aromatic rings. The van der Waals surface area contributed by atoms with Gasteiger partial charge in [-0.3, -0.25) is 0 Å². The first kappa shape index (κ1) is 7.80. The maximum absolute atomic E-state index is 4.04. The number of hydrogen-bond acceptors (Lipinski definition) is 2. The molecule has 1 aromatic heterocycles. The van der Waals surface area contributed by atoms with Gasteiger partial charge < -0.3 is 10.3 Å². The van der Waals surface area contributed by atoms with E-state index in [4.69, 9.17) is 0 Å². The van der Waals surface area contributed by atoms with E-state index in [1.54, 1.807) is 6.33 Å². The molecule has 1 aliphatic rings. The Morgan fingerprint density at radius 1 is 1.58 bits per heavy atom. The van der Waals surface area contributed by atoms with Crippen LogP contribution in [0.5, 0.6) is 0 Å². The Hall–Kier alpha value is -0.830. The third-order valence-corrected chi connectivity index (χ3v) is 2.33. The second-order valence-corrected chi connectivity index (χ2v) is 3.85. The highest BCUT2D eigenvalue weighted by molar-refractivity contribution is 5.20. The van der Waals surface area contributed by atoms with Gasteiger partial charge in [-0.1, -0.05) is 0 Å². The number of hydrogen-bond donors (Lipinski definition) is 2. The lowest BCUT2D eigenvalue weighted by molar-refractivity contribution is 0.453. The van der Waals surface area contributed by atoms with Crippen molar-refractivity contribution in [3.63, 3.8) is 0 Å². The lowest BCUT2D eigenvalue weighted by Crippen LogP contribution is -2.34. The van der Waals surface area contributed by atoms with Gasteiger partial charge in [0.1, 0.15) is 0 Å². The van der Waals surface area contributed by atoms with Crippen LogP contribution in [0, 0.1) is 0 Å². The highest BCUT2D eigenvalue weighted by Gasteiger charge is 2.45. The minimum atomic E-state index is 0.227. The number of nitrogens with one attached hydrogen (secondary N) is 2. The summed E-state index contributed by atoms with van der Waals surface area (Å²) in [7, 11) is 0. The van der Waals surface area contributed by atoms with Gasteiger partial charge in [0.15, 0.2) is 0 Å². The van der Waals surface area contributed by atoms with E-state index in [2.05, 4.69) is 29.1 Å². The standard InChI is InChI=1S/C9H15N3/c1-7(2)12-9(3-4-9)8-5-10-6-11-8/h5-7,12H,3-4H2,1-2H3,(H,10,11). The zero-order valence-electron chi connectivity index (χ0n) is 7.59.